The van der Waals surface area contributed by atoms with Gasteiger partial charge in [-0.05, 0) is 40.4 Å². The second-order valence-electron chi connectivity index (χ2n) is 3.45. The molecule has 0 aliphatic heterocycles. The van der Waals surface area contributed by atoms with Gasteiger partial charge in [-0.1, -0.05) is 35.3 Å². The molecule has 1 heterocycles. The van der Waals surface area contributed by atoms with E-state index < -0.39 is 0 Å². The van der Waals surface area contributed by atoms with Crippen LogP contribution in [0.3, 0.4) is 0 Å². The third-order valence-electron chi connectivity index (χ3n) is 2.31. The first-order valence-electron chi connectivity index (χ1n) is 4.77. The maximum absolute atomic E-state index is 6.34. The Morgan fingerprint density at radius 1 is 1.19 bits per heavy atom. The molecule has 0 spiro atoms. The molecular weight excluding hydrogens is 283 g/mol. The fourth-order valence-corrected chi connectivity index (χ4v) is 3.03. The molecule has 1 unspecified atom stereocenters. The molecule has 0 saturated carbocycles. The van der Waals surface area contributed by atoms with Crippen molar-refractivity contribution in [2.45, 2.75) is 11.8 Å². The van der Waals surface area contributed by atoms with Crippen LogP contribution in [-0.2, 0) is 6.42 Å². The van der Waals surface area contributed by atoms with Crippen molar-refractivity contribution in [1.29, 1.82) is 0 Å². The Bertz CT molecular complexity index is 465. The summed E-state index contributed by atoms with van der Waals surface area (Å²) in [6.45, 7) is 0. The first-order chi connectivity index (χ1) is 7.68. The van der Waals surface area contributed by atoms with Gasteiger partial charge >= 0.3 is 0 Å². The lowest BCUT2D eigenvalue weighted by molar-refractivity contribution is 0.925. The number of rotatable bonds is 3. The third-order valence-corrected chi connectivity index (χ3v) is 4.27. The fraction of sp³-hybridized carbons (Fsp3) is 0.167. The lowest BCUT2D eigenvalue weighted by Crippen LogP contribution is -1.96. The molecule has 1 atom stereocenters. The van der Waals surface area contributed by atoms with Crippen molar-refractivity contribution in [2.75, 3.05) is 0 Å². The summed E-state index contributed by atoms with van der Waals surface area (Å²) in [5.41, 5.74) is 2.11. The molecule has 0 nitrogen and oxygen atoms in total. The molecule has 1 aromatic heterocycles. The Morgan fingerprint density at radius 2 is 2.00 bits per heavy atom. The Hall–Kier alpha value is -0.210. The van der Waals surface area contributed by atoms with Gasteiger partial charge in [0.05, 0.1) is 15.4 Å². The fourth-order valence-electron chi connectivity index (χ4n) is 1.49. The normalized spacial score (nSPS) is 12.7. The van der Waals surface area contributed by atoms with E-state index in [0.29, 0.717) is 10.0 Å². The second-order valence-corrected chi connectivity index (χ2v) is 5.54. The molecule has 1 aromatic carbocycles. The zero-order chi connectivity index (χ0) is 11.5. The Morgan fingerprint density at radius 3 is 2.69 bits per heavy atom. The standard InChI is InChI=1S/C12H9Cl3S/c13-10-3-1-2-9(12(10)15)11(14)6-8-4-5-16-7-8/h1-5,7,11H,6H2. The minimum atomic E-state index is -0.138. The van der Waals surface area contributed by atoms with Crippen LogP contribution in [0.25, 0.3) is 0 Å². The Kier molecular flexibility index (Phi) is 4.15. The van der Waals surface area contributed by atoms with E-state index >= 15 is 0 Å². The average molecular weight is 292 g/mol. The molecule has 0 fully saturated rings. The van der Waals surface area contributed by atoms with Crippen LogP contribution >= 0.6 is 46.1 Å². The summed E-state index contributed by atoms with van der Waals surface area (Å²) in [5, 5.41) is 5.10. The van der Waals surface area contributed by atoms with Crippen LogP contribution in [0.1, 0.15) is 16.5 Å². The van der Waals surface area contributed by atoms with E-state index in [-0.39, 0.29) is 5.38 Å². The molecule has 0 saturated heterocycles. The number of hydrogen-bond acceptors (Lipinski definition) is 1. The van der Waals surface area contributed by atoms with Gasteiger partial charge in [0.25, 0.3) is 0 Å². The Balaban J connectivity index is 2.21. The van der Waals surface area contributed by atoms with Crippen LogP contribution in [0.2, 0.25) is 10.0 Å². The van der Waals surface area contributed by atoms with E-state index in [1.165, 1.54) is 5.56 Å². The van der Waals surface area contributed by atoms with Crippen molar-refractivity contribution in [1.82, 2.24) is 0 Å². The molecule has 2 rings (SSSR count). The van der Waals surface area contributed by atoms with E-state index in [1.807, 2.05) is 17.5 Å². The maximum atomic E-state index is 6.34. The van der Waals surface area contributed by atoms with Crippen molar-refractivity contribution in [3.05, 3.63) is 56.2 Å². The Labute approximate surface area is 114 Å². The van der Waals surface area contributed by atoms with Crippen LogP contribution in [0.5, 0.6) is 0 Å². The molecule has 16 heavy (non-hydrogen) atoms. The predicted molar refractivity (Wildman–Crippen MR) is 73.1 cm³/mol. The summed E-state index contributed by atoms with van der Waals surface area (Å²) >= 11 is 20.1. The van der Waals surface area contributed by atoms with E-state index in [9.17, 15) is 0 Å². The first kappa shape index (κ1) is 12.3. The summed E-state index contributed by atoms with van der Waals surface area (Å²) in [4.78, 5) is 0. The van der Waals surface area contributed by atoms with Gasteiger partial charge in [0.15, 0.2) is 0 Å². The van der Waals surface area contributed by atoms with E-state index in [4.69, 9.17) is 34.8 Å². The maximum Gasteiger partial charge on any atom is 0.0641 e. The minimum Gasteiger partial charge on any atom is -0.152 e. The van der Waals surface area contributed by atoms with Gasteiger partial charge in [-0.2, -0.15) is 11.3 Å². The van der Waals surface area contributed by atoms with Crippen molar-refractivity contribution < 1.29 is 0 Å². The van der Waals surface area contributed by atoms with Crippen molar-refractivity contribution in [3.63, 3.8) is 0 Å². The molecule has 0 radical (unpaired) electrons. The number of hydrogen-bond donors (Lipinski definition) is 0. The van der Waals surface area contributed by atoms with Crippen molar-refractivity contribution >= 4 is 46.1 Å². The molecule has 0 aliphatic rings. The molecule has 84 valence electrons. The quantitative estimate of drug-likeness (QED) is 0.648. The zero-order valence-corrected chi connectivity index (χ0v) is 11.4. The summed E-state index contributed by atoms with van der Waals surface area (Å²) in [6, 6.07) is 7.62. The molecule has 4 heteroatoms. The van der Waals surface area contributed by atoms with Gasteiger partial charge in [-0.3, -0.25) is 0 Å². The van der Waals surface area contributed by atoms with Crippen molar-refractivity contribution in [3.8, 4) is 0 Å². The predicted octanol–water partition coefficient (Wildman–Crippen LogP) is 5.58. The number of benzene rings is 1. The van der Waals surface area contributed by atoms with E-state index in [0.717, 1.165) is 12.0 Å². The van der Waals surface area contributed by atoms with Gasteiger partial charge in [-0.15, -0.1) is 11.6 Å². The smallest absolute Gasteiger partial charge is 0.0641 e. The summed E-state index contributed by atoms with van der Waals surface area (Å²) in [5.74, 6) is 0. The van der Waals surface area contributed by atoms with Gasteiger partial charge < -0.3 is 0 Å². The summed E-state index contributed by atoms with van der Waals surface area (Å²) in [7, 11) is 0. The zero-order valence-electron chi connectivity index (χ0n) is 8.29. The lowest BCUT2D eigenvalue weighted by atomic mass is 10.1. The number of alkyl halides is 1. The molecule has 0 amide bonds. The molecule has 0 N–H and O–H groups in total. The number of thiophene rings is 1. The van der Waals surface area contributed by atoms with Gasteiger partial charge in [0, 0.05) is 0 Å². The summed E-state index contributed by atoms with van der Waals surface area (Å²) < 4.78 is 0. The highest BCUT2D eigenvalue weighted by Gasteiger charge is 2.14. The van der Waals surface area contributed by atoms with Gasteiger partial charge in [0.2, 0.25) is 0 Å². The molecule has 2 aromatic rings. The lowest BCUT2D eigenvalue weighted by Gasteiger charge is -2.11. The molecular formula is C12H9Cl3S. The minimum absolute atomic E-state index is 0.138. The molecule has 0 bridgehead atoms. The monoisotopic (exact) mass is 290 g/mol. The van der Waals surface area contributed by atoms with E-state index in [2.05, 4.69) is 11.4 Å². The highest BCUT2D eigenvalue weighted by Crippen LogP contribution is 2.35. The van der Waals surface area contributed by atoms with E-state index in [1.54, 1.807) is 17.4 Å². The third kappa shape index (κ3) is 2.72. The van der Waals surface area contributed by atoms with Crippen LogP contribution in [0, 0.1) is 0 Å². The highest BCUT2D eigenvalue weighted by molar-refractivity contribution is 7.07. The van der Waals surface area contributed by atoms with Crippen LogP contribution in [0.4, 0.5) is 0 Å². The number of halogens is 3. The molecule has 0 aliphatic carbocycles. The summed E-state index contributed by atoms with van der Waals surface area (Å²) in [6.07, 6.45) is 0.769. The SMILES string of the molecule is Clc1cccc(C(Cl)Cc2ccsc2)c1Cl. The van der Waals surface area contributed by atoms with Gasteiger partial charge in [0.1, 0.15) is 0 Å². The van der Waals surface area contributed by atoms with Crippen LogP contribution in [0.15, 0.2) is 35.0 Å². The largest absolute Gasteiger partial charge is 0.152 e. The van der Waals surface area contributed by atoms with Gasteiger partial charge in [-0.25, -0.2) is 0 Å². The topological polar surface area (TPSA) is 0 Å². The first-order valence-corrected chi connectivity index (χ1v) is 6.91. The van der Waals surface area contributed by atoms with Crippen LogP contribution < -0.4 is 0 Å². The average Bonchev–Trinajstić information content (AvgIpc) is 2.74. The highest BCUT2D eigenvalue weighted by atomic mass is 35.5. The van der Waals surface area contributed by atoms with Crippen molar-refractivity contribution in [2.24, 2.45) is 0 Å². The second kappa shape index (κ2) is 5.42. The van der Waals surface area contributed by atoms with Crippen LogP contribution in [-0.4, -0.2) is 0 Å².